The van der Waals surface area contributed by atoms with E-state index in [1.807, 2.05) is 32.0 Å². The SMILES string of the molecule is COC(C)(C)C1Cc2c(Br)cccc2C(O)O1. The Labute approximate surface area is 110 Å². The van der Waals surface area contributed by atoms with Crippen molar-refractivity contribution in [3.05, 3.63) is 33.8 Å². The van der Waals surface area contributed by atoms with Gasteiger partial charge in [0.05, 0.1) is 11.7 Å². The van der Waals surface area contributed by atoms with Crippen molar-refractivity contribution in [2.45, 2.75) is 38.3 Å². The lowest BCUT2D eigenvalue weighted by atomic mass is 9.90. The average Bonchev–Trinajstić information content (AvgIpc) is 2.30. The van der Waals surface area contributed by atoms with Gasteiger partial charge in [-0.25, -0.2) is 0 Å². The third-order valence-electron chi connectivity index (χ3n) is 3.41. The van der Waals surface area contributed by atoms with Gasteiger partial charge in [0.2, 0.25) is 0 Å². The molecule has 2 atom stereocenters. The number of hydrogen-bond acceptors (Lipinski definition) is 3. The van der Waals surface area contributed by atoms with Gasteiger partial charge in [-0.3, -0.25) is 0 Å². The van der Waals surface area contributed by atoms with Gasteiger partial charge in [-0.2, -0.15) is 0 Å². The molecule has 1 aromatic rings. The minimum Gasteiger partial charge on any atom is -0.376 e. The number of ether oxygens (including phenoxy) is 2. The molecule has 1 N–H and O–H groups in total. The van der Waals surface area contributed by atoms with E-state index >= 15 is 0 Å². The molecule has 94 valence electrons. The summed E-state index contributed by atoms with van der Waals surface area (Å²) in [6, 6.07) is 5.77. The summed E-state index contributed by atoms with van der Waals surface area (Å²) in [5, 5.41) is 10.0. The Morgan fingerprint density at radius 1 is 1.47 bits per heavy atom. The first-order valence-electron chi connectivity index (χ1n) is 5.61. The van der Waals surface area contributed by atoms with Crippen molar-refractivity contribution >= 4 is 15.9 Å². The Hall–Kier alpha value is -0.420. The monoisotopic (exact) mass is 300 g/mol. The average molecular weight is 301 g/mol. The van der Waals surface area contributed by atoms with Gasteiger partial charge < -0.3 is 14.6 Å². The van der Waals surface area contributed by atoms with Crippen molar-refractivity contribution in [3.63, 3.8) is 0 Å². The normalized spacial score (nSPS) is 24.5. The second kappa shape index (κ2) is 4.69. The van der Waals surface area contributed by atoms with Gasteiger partial charge in [-0.05, 0) is 25.5 Å². The van der Waals surface area contributed by atoms with Crippen molar-refractivity contribution in [3.8, 4) is 0 Å². The van der Waals surface area contributed by atoms with Crippen LogP contribution in [0.25, 0.3) is 0 Å². The molecule has 0 saturated carbocycles. The largest absolute Gasteiger partial charge is 0.376 e. The van der Waals surface area contributed by atoms with E-state index in [1.54, 1.807) is 7.11 Å². The Kier molecular flexibility index (Phi) is 3.59. The Morgan fingerprint density at radius 2 is 2.18 bits per heavy atom. The minimum atomic E-state index is -0.879. The standard InChI is InChI=1S/C13H17BrO3/c1-13(2,16-3)11-7-9-8(12(15)17-11)5-4-6-10(9)14/h4-6,11-12,15H,7H2,1-3H3. The van der Waals surface area contributed by atoms with Crippen molar-refractivity contribution < 1.29 is 14.6 Å². The molecule has 0 aromatic heterocycles. The number of aliphatic hydroxyl groups is 1. The molecule has 4 heteroatoms. The van der Waals surface area contributed by atoms with Crippen molar-refractivity contribution in [2.75, 3.05) is 7.11 Å². The van der Waals surface area contributed by atoms with E-state index in [1.165, 1.54) is 0 Å². The van der Waals surface area contributed by atoms with E-state index in [9.17, 15) is 5.11 Å². The Balaban J connectivity index is 2.36. The highest BCUT2D eigenvalue weighted by Gasteiger charge is 2.37. The van der Waals surface area contributed by atoms with Crippen LogP contribution in [-0.2, 0) is 15.9 Å². The summed E-state index contributed by atoms with van der Waals surface area (Å²) >= 11 is 3.52. The number of halogens is 1. The zero-order chi connectivity index (χ0) is 12.6. The van der Waals surface area contributed by atoms with E-state index in [4.69, 9.17) is 9.47 Å². The van der Waals surface area contributed by atoms with Crippen LogP contribution in [-0.4, -0.2) is 23.9 Å². The lowest BCUT2D eigenvalue weighted by Gasteiger charge is -2.38. The molecule has 2 unspecified atom stereocenters. The van der Waals surface area contributed by atoms with E-state index in [-0.39, 0.29) is 6.10 Å². The smallest absolute Gasteiger partial charge is 0.181 e. The molecule has 3 nitrogen and oxygen atoms in total. The minimum absolute atomic E-state index is 0.159. The van der Waals surface area contributed by atoms with Gasteiger partial charge in [0.1, 0.15) is 0 Å². The molecule has 0 fully saturated rings. The molecule has 1 aliphatic heterocycles. The van der Waals surface area contributed by atoms with Gasteiger partial charge in [-0.15, -0.1) is 0 Å². The van der Waals surface area contributed by atoms with Crippen LogP contribution in [0.1, 0.15) is 31.3 Å². The quantitative estimate of drug-likeness (QED) is 0.913. The summed E-state index contributed by atoms with van der Waals surface area (Å²) in [5.74, 6) is 0. The summed E-state index contributed by atoms with van der Waals surface area (Å²) in [4.78, 5) is 0. The lowest BCUT2D eigenvalue weighted by molar-refractivity contribution is -0.205. The molecule has 2 rings (SSSR count). The predicted octanol–water partition coefficient (Wildman–Crippen LogP) is 2.81. The van der Waals surface area contributed by atoms with Crippen LogP contribution in [0.5, 0.6) is 0 Å². The van der Waals surface area contributed by atoms with Crippen LogP contribution in [0.2, 0.25) is 0 Å². The molecule has 0 saturated heterocycles. The maximum atomic E-state index is 10.0. The number of methoxy groups -OCH3 is 1. The second-order valence-corrected chi connectivity index (χ2v) is 5.65. The number of benzene rings is 1. The van der Waals surface area contributed by atoms with Gasteiger partial charge in [-0.1, -0.05) is 28.1 Å². The maximum Gasteiger partial charge on any atom is 0.181 e. The first-order valence-corrected chi connectivity index (χ1v) is 6.41. The number of rotatable bonds is 2. The zero-order valence-corrected chi connectivity index (χ0v) is 11.8. The molecule has 17 heavy (non-hydrogen) atoms. The van der Waals surface area contributed by atoms with E-state index in [0.717, 1.165) is 22.0 Å². The van der Waals surface area contributed by atoms with E-state index < -0.39 is 11.9 Å². The summed E-state index contributed by atoms with van der Waals surface area (Å²) in [6.45, 7) is 3.93. The lowest BCUT2D eigenvalue weighted by Crippen LogP contribution is -2.44. The zero-order valence-electron chi connectivity index (χ0n) is 10.2. The fourth-order valence-electron chi connectivity index (χ4n) is 2.03. The topological polar surface area (TPSA) is 38.7 Å². The molecule has 1 aliphatic rings. The molecule has 0 radical (unpaired) electrons. The van der Waals surface area contributed by atoms with Crippen LogP contribution >= 0.6 is 15.9 Å². The van der Waals surface area contributed by atoms with Gasteiger partial charge in [0, 0.05) is 23.6 Å². The van der Waals surface area contributed by atoms with Crippen LogP contribution in [0, 0.1) is 0 Å². The van der Waals surface area contributed by atoms with Crippen LogP contribution < -0.4 is 0 Å². The fourth-order valence-corrected chi connectivity index (χ4v) is 2.57. The predicted molar refractivity (Wildman–Crippen MR) is 68.8 cm³/mol. The molecule has 0 aliphatic carbocycles. The second-order valence-electron chi connectivity index (χ2n) is 4.80. The summed E-state index contributed by atoms with van der Waals surface area (Å²) in [7, 11) is 1.66. The number of fused-ring (bicyclic) bond motifs is 1. The highest BCUT2D eigenvalue weighted by Crippen LogP contribution is 2.36. The maximum absolute atomic E-state index is 10.0. The van der Waals surface area contributed by atoms with Crippen LogP contribution in [0.15, 0.2) is 22.7 Å². The van der Waals surface area contributed by atoms with Crippen molar-refractivity contribution in [1.29, 1.82) is 0 Å². The highest BCUT2D eigenvalue weighted by molar-refractivity contribution is 9.10. The molecule has 1 aromatic carbocycles. The summed E-state index contributed by atoms with van der Waals surface area (Å²) in [5.41, 5.74) is 1.51. The van der Waals surface area contributed by atoms with Gasteiger partial charge in [0.25, 0.3) is 0 Å². The first-order chi connectivity index (χ1) is 7.95. The number of hydrogen-bond donors (Lipinski definition) is 1. The van der Waals surface area contributed by atoms with Gasteiger partial charge >= 0.3 is 0 Å². The third kappa shape index (κ3) is 2.40. The van der Waals surface area contributed by atoms with Crippen molar-refractivity contribution in [1.82, 2.24) is 0 Å². The van der Waals surface area contributed by atoms with E-state index in [2.05, 4.69) is 15.9 Å². The molecule has 0 amide bonds. The van der Waals surface area contributed by atoms with Crippen molar-refractivity contribution in [2.24, 2.45) is 0 Å². The highest BCUT2D eigenvalue weighted by atomic mass is 79.9. The Morgan fingerprint density at radius 3 is 2.82 bits per heavy atom. The third-order valence-corrected chi connectivity index (χ3v) is 4.15. The molecule has 1 heterocycles. The molecular formula is C13H17BrO3. The summed E-state index contributed by atoms with van der Waals surface area (Å²) in [6.07, 6.45) is -0.307. The van der Waals surface area contributed by atoms with E-state index in [0.29, 0.717) is 0 Å². The molecule has 0 bridgehead atoms. The fraction of sp³-hybridized carbons (Fsp3) is 0.538. The Bertz CT molecular complexity index is 417. The van der Waals surface area contributed by atoms with Crippen LogP contribution in [0.3, 0.4) is 0 Å². The summed E-state index contributed by atoms with van der Waals surface area (Å²) < 4.78 is 12.1. The molecule has 0 spiro atoms. The van der Waals surface area contributed by atoms with Gasteiger partial charge in [0.15, 0.2) is 6.29 Å². The van der Waals surface area contributed by atoms with Crippen LogP contribution in [0.4, 0.5) is 0 Å². The number of aliphatic hydroxyl groups excluding tert-OH is 1. The molecular weight excluding hydrogens is 284 g/mol. The first kappa shape index (κ1) is 13.0.